The molecule has 1 aromatic heterocycles. The molecule has 1 N–H and O–H groups in total. The van der Waals surface area contributed by atoms with Gasteiger partial charge in [0.1, 0.15) is 5.76 Å². The molecular formula is C16H17NO4. The summed E-state index contributed by atoms with van der Waals surface area (Å²) in [5.41, 5.74) is 0.619. The minimum absolute atomic E-state index is 0.00162. The zero-order chi connectivity index (χ0) is 15.4. The van der Waals surface area contributed by atoms with Crippen LogP contribution in [0.3, 0.4) is 0 Å². The monoisotopic (exact) mass is 287 g/mol. The molecular weight excluding hydrogens is 270 g/mol. The van der Waals surface area contributed by atoms with Crippen molar-refractivity contribution < 1.29 is 19.1 Å². The molecule has 1 aromatic carbocycles. The highest BCUT2D eigenvalue weighted by molar-refractivity contribution is 5.96. The van der Waals surface area contributed by atoms with E-state index in [-0.39, 0.29) is 17.5 Å². The van der Waals surface area contributed by atoms with E-state index >= 15 is 0 Å². The Labute approximate surface area is 122 Å². The standard InChI is InChI=1S/C16H17NO4/c1-11(2)17(10-14-4-3-9-21-14)15(18)12-5-7-13(8-6-12)16(19)20/h3-9,11H,10H2,1-2H3,(H,19,20). The highest BCUT2D eigenvalue weighted by atomic mass is 16.4. The van der Waals surface area contributed by atoms with Crippen molar-refractivity contribution in [3.05, 3.63) is 59.5 Å². The molecule has 2 aromatic rings. The van der Waals surface area contributed by atoms with Crippen LogP contribution in [0.2, 0.25) is 0 Å². The molecule has 0 aliphatic carbocycles. The van der Waals surface area contributed by atoms with Crippen molar-refractivity contribution in [3.8, 4) is 0 Å². The summed E-state index contributed by atoms with van der Waals surface area (Å²) in [6.07, 6.45) is 1.57. The second kappa shape index (κ2) is 6.26. The van der Waals surface area contributed by atoms with Gasteiger partial charge in [-0.25, -0.2) is 4.79 Å². The van der Waals surface area contributed by atoms with E-state index in [2.05, 4.69) is 0 Å². The normalized spacial score (nSPS) is 10.6. The summed E-state index contributed by atoms with van der Waals surface area (Å²) in [7, 11) is 0. The topological polar surface area (TPSA) is 70.8 Å². The minimum Gasteiger partial charge on any atom is -0.478 e. The summed E-state index contributed by atoms with van der Waals surface area (Å²) in [5, 5.41) is 8.88. The van der Waals surface area contributed by atoms with Crippen LogP contribution in [-0.4, -0.2) is 27.9 Å². The van der Waals surface area contributed by atoms with Gasteiger partial charge in [-0.05, 0) is 50.2 Å². The van der Waals surface area contributed by atoms with E-state index in [1.165, 1.54) is 24.3 Å². The van der Waals surface area contributed by atoms with Crippen LogP contribution in [-0.2, 0) is 6.54 Å². The van der Waals surface area contributed by atoms with Crippen LogP contribution in [0.1, 0.15) is 40.3 Å². The van der Waals surface area contributed by atoms with E-state index in [0.717, 1.165) is 0 Å². The molecule has 0 saturated carbocycles. The van der Waals surface area contributed by atoms with Crippen molar-refractivity contribution in [2.45, 2.75) is 26.4 Å². The average molecular weight is 287 g/mol. The quantitative estimate of drug-likeness (QED) is 0.917. The Bertz CT molecular complexity index is 614. The lowest BCUT2D eigenvalue weighted by atomic mass is 10.1. The number of carbonyl (C=O) groups is 2. The van der Waals surface area contributed by atoms with Crippen molar-refractivity contribution in [3.63, 3.8) is 0 Å². The van der Waals surface area contributed by atoms with Crippen LogP contribution in [0.5, 0.6) is 0 Å². The fourth-order valence-electron chi connectivity index (χ4n) is 1.98. The molecule has 110 valence electrons. The zero-order valence-corrected chi connectivity index (χ0v) is 11.9. The number of nitrogens with zero attached hydrogens (tertiary/aromatic N) is 1. The molecule has 2 rings (SSSR count). The molecule has 5 heteroatoms. The van der Waals surface area contributed by atoms with Crippen LogP contribution in [0.4, 0.5) is 0 Å². The van der Waals surface area contributed by atoms with Crippen LogP contribution < -0.4 is 0 Å². The molecule has 0 spiro atoms. The number of carbonyl (C=O) groups excluding carboxylic acids is 1. The van der Waals surface area contributed by atoms with Crippen molar-refractivity contribution in [2.75, 3.05) is 0 Å². The first kappa shape index (κ1) is 14.8. The second-order valence-electron chi connectivity index (χ2n) is 4.99. The Morgan fingerprint density at radius 3 is 2.24 bits per heavy atom. The fourth-order valence-corrected chi connectivity index (χ4v) is 1.98. The van der Waals surface area contributed by atoms with E-state index in [1.807, 2.05) is 19.9 Å². The lowest BCUT2D eigenvalue weighted by molar-refractivity contribution is 0.0669. The number of carboxylic acid groups (broad SMARTS) is 1. The molecule has 21 heavy (non-hydrogen) atoms. The fraction of sp³-hybridized carbons (Fsp3) is 0.250. The summed E-state index contributed by atoms with van der Waals surface area (Å²) in [4.78, 5) is 25.0. The number of furan rings is 1. The molecule has 1 amide bonds. The third-order valence-electron chi connectivity index (χ3n) is 3.17. The smallest absolute Gasteiger partial charge is 0.335 e. The Hall–Kier alpha value is -2.56. The Morgan fingerprint density at radius 1 is 1.14 bits per heavy atom. The van der Waals surface area contributed by atoms with E-state index in [9.17, 15) is 9.59 Å². The van der Waals surface area contributed by atoms with Gasteiger partial charge in [0.15, 0.2) is 0 Å². The minimum atomic E-state index is -1.01. The largest absolute Gasteiger partial charge is 0.478 e. The SMILES string of the molecule is CC(C)N(Cc1ccco1)C(=O)c1ccc(C(=O)O)cc1. The Kier molecular flexibility index (Phi) is 4.42. The van der Waals surface area contributed by atoms with E-state index < -0.39 is 5.97 Å². The predicted molar refractivity (Wildman–Crippen MR) is 77.1 cm³/mol. The van der Waals surface area contributed by atoms with Gasteiger partial charge in [-0.1, -0.05) is 0 Å². The maximum Gasteiger partial charge on any atom is 0.335 e. The molecule has 0 fully saturated rings. The van der Waals surface area contributed by atoms with Crippen LogP contribution >= 0.6 is 0 Å². The van der Waals surface area contributed by atoms with E-state index in [4.69, 9.17) is 9.52 Å². The summed E-state index contributed by atoms with van der Waals surface area (Å²) in [5.74, 6) is -0.456. The molecule has 0 atom stereocenters. The molecule has 0 unspecified atom stereocenters. The van der Waals surface area contributed by atoms with Gasteiger partial charge >= 0.3 is 5.97 Å². The van der Waals surface area contributed by atoms with Gasteiger partial charge in [0, 0.05) is 11.6 Å². The maximum absolute atomic E-state index is 12.5. The van der Waals surface area contributed by atoms with Crippen LogP contribution in [0.25, 0.3) is 0 Å². The van der Waals surface area contributed by atoms with Crippen molar-refractivity contribution >= 4 is 11.9 Å². The van der Waals surface area contributed by atoms with Crippen molar-refractivity contribution in [1.29, 1.82) is 0 Å². The van der Waals surface area contributed by atoms with Gasteiger partial charge in [0.05, 0.1) is 18.4 Å². The molecule has 0 aliphatic heterocycles. The van der Waals surface area contributed by atoms with Gasteiger partial charge in [-0.3, -0.25) is 4.79 Å². The molecule has 1 heterocycles. The van der Waals surface area contributed by atoms with Gasteiger partial charge < -0.3 is 14.4 Å². The molecule has 0 bridgehead atoms. The van der Waals surface area contributed by atoms with Crippen LogP contribution in [0, 0.1) is 0 Å². The molecule has 0 saturated heterocycles. The second-order valence-corrected chi connectivity index (χ2v) is 4.99. The Balaban J connectivity index is 2.19. The van der Waals surface area contributed by atoms with E-state index in [0.29, 0.717) is 17.9 Å². The van der Waals surface area contributed by atoms with E-state index in [1.54, 1.807) is 17.2 Å². The summed E-state index contributed by atoms with van der Waals surface area (Å²) in [6.45, 7) is 4.23. The molecule has 0 aliphatic rings. The summed E-state index contributed by atoms with van der Waals surface area (Å²) in [6, 6.07) is 9.52. The maximum atomic E-state index is 12.5. The third kappa shape index (κ3) is 3.51. The number of aromatic carboxylic acids is 1. The molecule has 0 radical (unpaired) electrons. The number of benzene rings is 1. The highest BCUT2D eigenvalue weighted by Crippen LogP contribution is 2.14. The number of carboxylic acids is 1. The number of rotatable bonds is 5. The lowest BCUT2D eigenvalue weighted by Gasteiger charge is -2.26. The molecule has 5 nitrogen and oxygen atoms in total. The first-order valence-electron chi connectivity index (χ1n) is 6.65. The number of hydrogen-bond acceptors (Lipinski definition) is 3. The summed E-state index contributed by atoms with van der Waals surface area (Å²) >= 11 is 0. The number of amides is 1. The van der Waals surface area contributed by atoms with Crippen molar-refractivity contribution in [2.24, 2.45) is 0 Å². The van der Waals surface area contributed by atoms with Gasteiger partial charge in [0.2, 0.25) is 0 Å². The number of hydrogen-bond donors (Lipinski definition) is 1. The van der Waals surface area contributed by atoms with Crippen LogP contribution in [0.15, 0.2) is 47.1 Å². The zero-order valence-electron chi connectivity index (χ0n) is 11.9. The lowest BCUT2D eigenvalue weighted by Crippen LogP contribution is -2.36. The highest BCUT2D eigenvalue weighted by Gasteiger charge is 2.20. The van der Waals surface area contributed by atoms with Gasteiger partial charge in [0.25, 0.3) is 5.91 Å². The average Bonchev–Trinajstić information content (AvgIpc) is 2.97. The predicted octanol–water partition coefficient (Wildman–Crippen LogP) is 3.03. The van der Waals surface area contributed by atoms with Crippen molar-refractivity contribution in [1.82, 2.24) is 4.90 Å². The van der Waals surface area contributed by atoms with Gasteiger partial charge in [-0.15, -0.1) is 0 Å². The third-order valence-corrected chi connectivity index (χ3v) is 3.17. The Morgan fingerprint density at radius 2 is 1.76 bits per heavy atom. The summed E-state index contributed by atoms with van der Waals surface area (Å²) < 4.78 is 5.28. The van der Waals surface area contributed by atoms with Gasteiger partial charge in [-0.2, -0.15) is 0 Å². The first-order valence-corrected chi connectivity index (χ1v) is 6.65. The first-order chi connectivity index (χ1) is 9.99.